The average molecular weight is 1050 g/mol. The molecule has 0 spiro atoms. The van der Waals surface area contributed by atoms with E-state index in [0.717, 1.165) is 167 Å². The number of carbonyl (C=O) groups is 3. The highest BCUT2D eigenvalue weighted by Gasteiger charge is 2.24. The van der Waals surface area contributed by atoms with Crippen LogP contribution in [0.15, 0.2) is 0 Å². The molecule has 440 valence electrons. The molecule has 0 aromatic carbocycles. The van der Waals surface area contributed by atoms with Crippen LogP contribution in [-0.4, -0.2) is 130 Å². The fourth-order valence-electron chi connectivity index (χ4n) is 10.2. The van der Waals surface area contributed by atoms with Crippen molar-refractivity contribution >= 4 is 17.9 Å². The van der Waals surface area contributed by atoms with Crippen molar-refractivity contribution in [2.24, 2.45) is 23.7 Å². The van der Waals surface area contributed by atoms with E-state index in [2.05, 4.69) is 77.1 Å². The smallest absolute Gasteiger partial charge is 0.308 e. The lowest BCUT2D eigenvalue weighted by molar-refractivity contribution is -0.151. The highest BCUT2D eigenvalue weighted by atomic mass is 16.6. The number of aliphatic hydroxyl groups is 1. The SMILES string of the molecule is CCCCCCC(CCCC)C(=O)OCCN(CCCN(C)CCCN(CCOC(=O)C(CCCC)CCCCCC)CCOC(O)C(CCCC)CCCCCC)CCOC(=O)C(CCCC)CCCCCC. The van der Waals surface area contributed by atoms with E-state index in [4.69, 9.17) is 18.9 Å². The number of hydrogen-bond acceptors (Lipinski definition) is 11. The van der Waals surface area contributed by atoms with Crippen LogP contribution >= 0.6 is 0 Å². The van der Waals surface area contributed by atoms with E-state index in [1.54, 1.807) is 0 Å². The molecule has 0 amide bonds. The Hall–Kier alpha value is -1.79. The van der Waals surface area contributed by atoms with Gasteiger partial charge >= 0.3 is 17.9 Å². The molecule has 0 bridgehead atoms. The van der Waals surface area contributed by atoms with Gasteiger partial charge in [-0.2, -0.15) is 0 Å². The number of aliphatic hydroxyl groups excluding tert-OH is 1. The summed E-state index contributed by atoms with van der Waals surface area (Å²) in [5, 5.41) is 11.2. The topological polar surface area (TPSA) is 118 Å². The second-order valence-corrected chi connectivity index (χ2v) is 22.3. The lowest BCUT2D eigenvalue weighted by atomic mass is 9.94. The number of rotatable bonds is 57. The van der Waals surface area contributed by atoms with Crippen LogP contribution in [0.5, 0.6) is 0 Å². The van der Waals surface area contributed by atoms with Gasteiger partial charge in [-0.25, -0.2) is 0 Å². The van der Waals surface area contributed by atoms with Gasteiger partial charge in [0.15, 0.2) is 6.29 Å². The second-order valence-electron chi connectivity index (χ2n) is 22.3. The second kappa shape index (κ2) is 53.2. The maximum atomic E-state index is 13.4. The molecular formula is C63H125N3O8. The fourth-order valence-corrected chi connectivity index (χ4v) is 10.2. The first-order valence-corrected chi connectivity index (χ1v) is 32.0. The molecule has 0 rings (SSSR count). The number of nitrogens with zero attached hydrogens (tertiary/aromatic N) is 3. The number of unbranched alkanes of at least 4 members (excludes halogenated alkanes) is 16. The Balaban J connectivity index is 5.76. The molecule has 0 saturated carbocycles. The third kappa shape index (κ3) is 41.3. The summed E-state index contributed by atoms with van der Waals surface area (Å²) in [4.78, 5) is 47.2. The Bertz CT molecular complexity index is 1200. The zero-order valence-corrected chi connectivity index (χ0v) is 50.6. The molecule has 74 heavy (non-hydrogen) atoms. The molecule has 0 aliphatic carbocycles. The summed E-state index contributed by atoms with van der Waals surface area (Å²) in [7, 11) is 2.18. The third-order valence-corrected chi connectivity index (χ3v) is 15.4. The molecule has 0 radical (unpaired) electrons. The number of hydrogen-bond donors (Lipinski definition) is 1. The Morgan fingerprint density at radius 1 is 0.338 bits per heavy atom. The van der Waals surface area contributed by atoms with Crippen LogP contribution in [0.2, 0.25) is 0 Å². The number of ether oxygens (including phenoxy) is 4. The van der Waals surface area contributed by atoms with E-state index in [-0.39, 0.29) is 41.6 Å². The minimum absolute atomic E-state index is 0.0215. The van der Waals surface area contributed by atoms with Gasteiger partial charge in [-0.05, 0) is 97.4 Å². The Labute approximate surface area is 458 Å². The molecule has 1 N–H and O–H groups in total. The molecule has 11 nitrogen and oxygen atoms in total. The highest BCUT2D eigenvalue weighted by molar-refractivity contribution is 5.73. The maximum Gasteiger partial charge on any atom is 0.308 e. The summed E-state index contributed by atoms with van der Waals surface area (Å²) in [6.45, 7) is 25.2. The summed E-state index contributed by atoms with van der Waals surface area (Å²) >= 11 is 0. The van der Waals surface area contributed by atoms with Crippen molar-refractivity contribution in [3.8, 4) is 0 Å². The van der Waals surface area contributed by atoms with E-state index in [1.807, 2.05) is 0 Å². The average Bonchev–Trinajstić information content (AvgIpc) is 3.39. The van der Waals surface area contributed by atoms with Crippen LogP contribution in [0.4, 0.5) is 0 Å². The number of esters is 3. The minimum atomic E-state index is -0.759. The van der Waals surface area contributed by atoms with E-state index < -0.39 is 6.29 Å². The molecule has 5 atom stereocenters. The lowest BCUT2D eigenvalue weighted by Crippen LogP contribution is -2.37. The zero-order chi connectivity index (χ0) is 54.7. The van der Waals surface area contributed by atoms with Crippen molar-refractivity contribution < 1.29 is 38.4 Å². The van der Waals surface area contributed by atoms with E-state index in [1.165, 1.54) is 77.0 Å². The van der Waals surface area contributed by atoms with Gasteiger partial charge in [0, 0.05) is 32.1 Å². The first-order chi connectivity index (χ1) is 36.0. The van der Waals surface area contributed by atoms with Gasteiger partial charge in [0.25, 0.3) is 0 Å². The third-order valence-electron chi connectivity index (χ3n) is 15.4. The maximum absolute atomic E-state index is 13.4. The van der Waals surface area contributed by atoms with Crippen LogP contribution < -0.4 is 0 Å². The minimum Gasteiger partial charge on any atom is -0.464 e. The van der Waals surface area contributed by atoms with Crippen LogP contribution in [0, 0.1) is 23.7 Å². The standard InChI is InChI=1S/C63H125N3O8/c1-10-18-26-30-40-56(36-22-14-5)60(67)71-52-48-65(49-53-72-61(68)57(37-23-15-6)41-31-27-19-11-2)46-34-44-64(9)45-35-47-66(50-54-73-62(69)58(38-24-16-7)42-32-28-20-12-3)51-55-74-63(70)59(39-25-17-8)43-33-29-21-13-4/h56-60,67H,10-55H2,1-9H3. The molecule has 5 unspecified atom stereocenters. The van der Waals surface area contributed by atoms with E-state index in [9.17, 15) is 19.5 Å². The first-order valence-electron chi connectivity index (χ1n) is 32.0. The molecule has 0 aromatic heterocycles. The molecule has 0 saturated heterocycles. The van der Waals surface area contributed by atoms with Crippen LogP contribution in [-0.2, 0) is 33.3 Å². The first kappa shape index (κ1) is 72.2. The molecule has 0 aromatic rings. The summed E-state index contributed by atoms with van der Waals surface area (Å²) in [5.74, 6) is -0.0734. The molecule has 0 aliphatic rings. The van der Waals surface area contributed by atoms with Crippen molar-refractivity contribution in [1.82, 2.24) is 14.7 Å². The summed E-state index contributed by atoms with van der Waals surface area (Å²) < 4.78 is 24.2. The van der Waals surface area contributed by atoms with Gasteiger partial charge in [-0.1, -0.05) is 209 Å². The van der Waals surface area contributed by atoms with Crippen molar-refractivity contribution in [3.05, 3.63) is 0 Å². The largest absolute Gasteiger partial charge is 0.464 e. The van der Waals surface area contributed by atoms with E-state index in [0.29, 0.717) is 52.6 Å². The zero-order valence-electron chi connectivity index (χ0n) is 50.6. The van der Waals surface area contributed by atoms with Crippen LogP contribution in [0.3, 0.4) is 0 Å². The van der Waals surface area contributed by atoms with Crippen LogP contribution in [0.25, 0.3) is 0 Å². The van der Waals surface area contributed by atoms with Crippen molar-refractivity contribution in [2.75, 3.05) is 85.8 Å². The normalized spacial score (nSPS) is 13.9. The Morgan fingerprint density at radius 3 is 0.959 bits per heavy atom. The molecule has 0 fully saturated rings. The fraction of sp³-hybridized carbons (Fsp3) is 0.952. The predicted octanol–water partition coefficient (Wildman–Crippen LogP) is 15.4. The Kier molecular flexibility index (Phi) is 51.9. The van der Waals surface area contributed by atoms with Gasteiger partial charge in [-0.3, -0.25) is 24.2 Å². The van der Waals surface area contributed by atoms with Crippen molar-refractivity contribution in [2.45, 2.75) is 280 Å². The van der Waals surface area contributed by atoms with Gasteiger partial charge in [-0.15, -0.1) is 0 Å². The molecule has 0 aliphatic heterocycles. The quantitative estimate of drug-likeness (QED) is 0.0271. The lowest BCUT2D eigenvalue weighted by Gasteiger charge is -2.27. The summed E-state index contributed by atoms with van der Waals surface area (Å²) in [6.07, 6.45) is 35.8. The van der Waals surface area contributed by atoms with Gasteiger partial charge in [0.2, 0.25) is 0 Å². The van der Waals surface area contributed by atoms with Crippen LogP contribution in [0.1, 0.15) is 274 Å². The van der Waals surface area contributed by atoms with Gasteiger partial charge in [0.1, 0.15) is 19.8 Å². The van der Waals surface area contributed by atoms with Crippen molar-refractivity contribution in [3.63, 3.8) is 0 Å². The number of carbonyl (C=O) groups excluding carboxylic acids is 3. The highest BCUT2D eigenvalue weighted by Crippen LogP contribution is 2.24. The summed E-state index contributed by atoms with van der Waals surface area (Å²) in [6, 6.07) is 0. The van der Waals surface area contributed by atoms with E-state index >= 15 is 0 Å². The van der Waals surface area contributed by atoms with Gasteiger partial charge < -0.3 is 29.0 Å². The molecular weight excluding hydrogens is 927 g/mol. The molecule has 11 heteroatoms. The predicted molar refractivity (Wildman–Crippen MR) is 312 cm³/mol. The van der Waals surface area contributed by atoms with Crippen molar-refractivity contribution in [1.29, 1.82) is 0 Å². The van der Waals surface area contributed by atoms with Gasteiger partial charge in [0.05, 0.1) is 24.4 Å². The molecule has 0 heterocycles. The monoisotopic (exact) mass is 1050 g/mol. The summed E-state index contributed by atoms with van der Waals surface area (Å²) in [5.41, 5.74) is 0. The Morgan fingerprint density at radius 2 is 0.622 bits per heavy atom.